The van der Waals surface area contributed by atoms with E-state index in [0.717, 1.165) is 24.3 Å². The lowest BCUT2D eigenvalue weighted by atomic mass is 9.92. The molecule has 0 unspecified atom stereocenters. The van der Waals surface area contributed by atoms with Gasteiger partial charge < -0.3 is 26.0 Å². The van der Waals surface area contributed by atoms with E-state index in [2.05, 4.69) is 15.7 Å². The first-order valence-corrected chi connectivity index (χ1v) is 19.5. The number of amides is 3. The molecule has 5 heterocycles. The Bertz CT molecular complexity index is 2520. The summed E-state index contributed by atoms with van der Waals surface area (Å²) in [5.41, 5.74) is 1.94. The van der Waals surface area contributed by atoms with Gasteiger partial charge in [0.05, 0.1) is 28.5 Å². The first-order chi connectivity index (χ1) is 28.3. The fraction of sp³-hybridized carbons (Fsp3) is 0.385. The van der Waals surface area contributed by atoms with E-state index >= 15 is 8.78 Å². The molecule has 0 radical (unpaired) electrons. The zero-order valence-electron chi connectivity index (χ0n) is 31.4. The molecule has 1 saturated carbocycles. The van der Waals surface area contributed by atoms with Crippen LogP contribution in [0, 0.1) is 29.3 Å². The number of pyridine rings is 1. The summed E-state index contributed by atoms with van der Waals surface area (Å²) >= 11 is 1.22. The summed E-state index contributed by atoms with van der Waals surface area (Å²) in [6.45, 7) is 1.64. The molecule has 21 heteroatoms. The van der Waals surface area contributed by atoms with Crippen molar-refractivity contribution in [3.8, 4) is 11.1 Å². The lowest BCUT2D eigenvalue weighted by molar-refractivity contribution is -0.141. The molecule has 8 rings (SSSR count). The van der Waals surface area contributed by atoms with Gasteiger partial charge in [-0.15, -0.1) is 0 Å². The summed E-state index contributed by atoms with van der Waals surface area (Å²) in [7, 11) is 0. The van der Waals surface area contributed by atoms with Gasteiger partial charge in [0, 0.05) is 43.5 Å². The Morgan fingerprint density at radius 1 is 1.03 bits per heavy atom. The van der Waals surface area contributed by atoms with E-state index in [9.17, 15) is 40.7 Å². The number of thiazole rings is 1. The van der Waals surface area contributed by atoms with Gasteiger partial charge in [0.2, 0.25) is 5.91 Å². The Morgan fingerprint density at radius 2 is 1.73 bits per heavy atom. The van der Waals surface area contributed by atoms with Gasteiger partial charge in [0.15, 0.2) is 16.5 Å². The average molecular weight is 863 g/mol. The number of aromatic nitrogens is 4. The number of alkyl halides is 5. The van der Waals surface area contributed by atoms with Crippen molar-refractivity contribution in [1.82, 2.24) is 30.4 Å². The number of alkyl carbamates (subject to hydrolysis) is 1. The number of carbonyl (C=O) groups excluding carboxylic acids is 3. The van der Waals surface area contributed by atoms with Crippen LogP contribution in [0.4, 0.5) is 45.0 Å². The molecule has 3 fully saturated rings. The van der Waals surface area contributed by atoms with Gasteiger partial charge in [-0.1, -0.05) is 24.3 Å². The fourth-order valence-corrected chi connectivity index (χ4v) is 8.78. The third kappa shape index (κ3) is 8.05. The number of halogens is 8. The van der Waals surface area contributed by atoms with E-state index in [1.165, 1.54) is 24.3 Å². The van der Waals surface area contributed by atoms with E-state index in [4.69, 9.17) is 20.4 Å². The molecular weight excluding hydrogens is 829 g/mol. The second-order valence-corrected chi connectivity index (χ2v) is 16.3. The lowest BCUT2D eigenvalue weighted by Gasteiger charge is -2.36. The lowest BCUT2D eigenvalue weighted by Crippen LogP contribution is -2.46. The van der Waals surface area contributed by atoms with Gasteiger partial charge in [-0.05, 0) is 66.3 Å². The molecule has 3 atom stereocenters. The largest absolute Gasteiger partial charge is 0.441 e. The third-order valence-corrected chi connectivity index (χ3v) is 12.1. The molecule has 60 heavy (non-hydrogen) atoms. The number of ether oxygens (including phenoxy) is 1. The monoisotopic (exact) mass is 862 g/mol. The van der Waals surface area contributed by atoms with E-state index in [1.54, 1.807) is 6.07 Å². The molecule has 2 aliphatic heterocycles. The zero-order valence-corrected chi connectivity index (χ0v) is 32.2. The zero-order chi connectivity index (χ0) is 42.9. The number of piperidine rings is 1. The predicted octanol–water partition coefficient (Wildman–Crippen LogP) is 7.02. The molecule has 316 valence electrons. The first kappa shape index (κ1) is 40.9. The molecule has 3 amide bonds. The molecule has 1 spiro atoms. The van der Waals surface area contributed by atoms with Crippen LogP contribution in [0.15, 0.2) is 48.5 Å². The van der Waals surface area contributed by atoms with Crippen molar-refractivity contribution in [1.29, 1.82) is 0 Å². The number of nitrogens with two attached hydrogens (primary N) is 1. The molecule has 1 aliphatic carbocycles. The molecule has 5 aromatic rings. The normalized spacial score (nSPS) is 19.4. The van der Waals surface area contributed by atoms with E-state index < -0.39 is 101 Å². The Labute approximate surface area is 339 Å². The number of primary amides is 1. The van der Waals surface area contributed by atoms with Gasteiger partial charge in [-0.25, -0.2) is 22.9 Å². The highest BCUT2D eigenvalue weighted by molar-refractivity contribution is 7.22. The summed E-state index contributed by atoms with van der Waals surface area (Å²) < 4.78 is 123. The van der Waals surface area contributed by atoms with Gasteiger partial charge in [0.25, 0.3) is 11.8 Å². The molecule has 3 aromatic heterocycles. The minimum absolute atomic E-state index is 0.0146. The van der Waals surface area contributed by atoms with Gasteiger partial charge >= 0.3 is 12.3 Å². The van der Waals surface area contributed by atoms with Gasteiger partial charge in [0.1, 0.15) is 35.3 Å². The van der Waals surface area contributed by atoms with Gasteiger partial charge in [-0.2, -0.15) is 32.0 Å². The smallest absolute Gasteiger partial charge is 0.435 e. The summed E-state index contributed by atoms with van der Waals surface area (Å²) in [5.74, 6) is -10.7. The highest BCUT2D eigenvalue weighted by Gasteiger charge is 2.56. The number of benzene rings is 2. The highest BCUT2D eigenvalue weighted by Crippen LogP contribution is 2.54. The van der Waals surface area contributed by atoms with Crippen LogP contribution in [0.3, 0.4) is 0 Å². The molecular formula is C39H34F8N8O4S. The molecule has 3 aliphatic rings. The van der Waals surface area contributed by atoms with Crippen molar-refractivity contribution in [2.45, 2.75) is 62.9 Å². The van der Waals surface area contributed by atoms with Crippen LogP contribution < -0.4 is 21.3 Å². The summed E-state index contributed by atoms with van der Waals surface area (Å²) in [6.07, 6.45) is -5.02. The molecule has 2 saturated heterocycles. The molecule has 12 nitrogen and oxygen atoms in total. The van der Waals surface area contributed by atoms with Crippen molar-refractivity contribution >= 4 is 44.7 Å². The van der Waals surface area contributed by atoms with Crippen LogP contribution in [0.2, 0.25) is 0 Å². The first-order valence-electron chi connectivity index (χ1n) is 18.7. The van der Waals surface area contributed by atoms with Crippen LogP contribution in [-0.2, 0) is 34.6 Å². The Hall–Kier alpha value is -5.86. The second-order valence-electron chi connectivity index (χ2n) is 15.3. The number of nitrogens with zero attached hydrogens (tertiary/aromatic N) is 5. The standard InChI is InChI=1S/C39H34F8N8O4S/c1-18-8-25(18)38(43,44)30-15-29(39(45,46)47)53-55(30)16-31(56)50-27(11-19-9-21(40)13-22(41)10-19)32-23(20-2-3-26(42)24(12-20)33(48)57)14-28-34(51-32)52-35(60-28)54-6-4-37(5-7-54)17-49-36(58)59-37/h2-3,9-10,12-15,18,25,27H,4-8,11,16-17H2,1H3,(H2,48,57)(H,49,58)(H,50,56)/t18-,25+,27-/m0/s1. The molecule has 2 aromatic carbocycles. The minimum Gasteiger partial charge on any atom is -0.441 e. The number of hydrogen-bond acceptors (Lipinski definition) is 9. The quantitative estimate of drug-likeness (QED) is 0.120. The van der Waals surface area contributed by atoms with Crippen LogP contribution in [0.1, 0.15) is 65.2 Å². The van der Waals surface area contributed by atoms with Crippen molar-refractivity contribution in [2.75, 3.05) is 24.5 Å². The fourth-order valence-electron chi connectivity index (χ4n) is 7.78. The van der Waals surface area contributed by atoms with Crippen molar-refractivity contribution in [2.24, 2.45) is 17.6 Å². The second kappa shape index (κ2) is 15.0. The van der Waals surface area contributed by atoms with Crippen molar-refractivity contribution in [3.63, 3.8) is 0 Å². The Kier molecular flexibility index (Phi) is 10.2. The third-order valence-electron chi connectivity index (χ3n) is 11.1. The maximum atomic E-state index is 15.6. The Balaban J connectivity index is 1.21. The maximum absolute atomic E-state index is 15.6. The topological polar surface area (TPSA) is 157 Å². The van der Waals surface area contributed by atoms with Crippen LogP contribution >= 0.6 is 11.3 Å². The molecule has 0 bridgehead atoms. The van der Waals surface area contributed by atoms with Crippen molar-refractivity contribution < 1.29 is 54.2 Å². The number of hydrogen-bond donors (Lipinski definition) is 3. The maximum Gasteiger partial charge on any atom is 0.435 e. The number of anilines is 1. The van der Waals surface area contributed by atoms with Crippen LogP contribution in [-0.4, -0.2) is 62.9 Å². The summed E-state index contributed by atoms with van der Waals surface area (Å²) in [4.78, 5) is 49.4. The predicted molar refractivity (Wildman–Crippen MR) is 199 cm³/mol. The van der Waals surface area contributed by atoms with E-state index in [1.807, 2.05) is 4.90 Å². The number of carbonyl (C=O) groups is 3. The van der Waals surface area contributed by atoms with E-state index in [-0.39, 0.29) is 45.2 Å². The summed E-state index contributed by atoms with van der Waals surface area (Å²) in [6, 6.07) is 6.38. The van der Waals surface area contributed by atoms with Crippen molar-refractivity contribution in [3.05, 3.63) is 94.2 Å². The Morgan fingerprint density at radius 3 is 2.35 bits per heavy atom. The van der Waals surface area contributed by atoms with Crippen LogP contribution in [0.25, 0.3) is 21.5 Å². The number of fused-ring (bicyclic) bond motifs is 1. The van der Waals surface area contributed by atoms with Crippen LogP contribution in [0.5, 0.6) is 0 Å². The number of rotatable bonds is 11. The number of nitrogens with one attached hydrogen (secondary N) is 2. The summed E-state index contributed by atoms with van der Waals surface area (Å²) in [5, 5.41) is 9.12. The molecule has 4 N–H and O–H groups in total. The minimum atomic E-state index is -5.12. The SMILES string of the molecule is C[C@H]1C[C@H]1C(F)(F)c1cc(C(F)(F)F)nn1CC(=O)N[C@@H](Cc1cc(F)cc(F)c1)c1nc2nc(N3CCC4(CC3)CNC(=O)O4)sc2cc1-c1ccc(F)c(C(N)=O)c1. The van der Waals surface area contributed by atoms with Gasteiger partial charge in [-0.3, -0.25) is 14.3 Å². The average Bonchev–Trinajstić information content (AvgIpc) is 3.44. The highest BCUT2D eigenvalue weighted by atomic mass is 32.1. The van der Waals surface area contributed by atoms with E-state index in [0.29, 0.717) is 48.4 Å².